The molecule has 0 aromatic carbocycles. The van der Waals surface area contributed by atoms with Crippen LogP contribution in [0.25, 0.3) is 0 Å². The predicted octanol–water partition coefficient (Wildman–Crippen LogP) is -0.795. The van der Waals surface area contributed by atoms with Gasteiger partial charge in [0.05, 0.1) is 7.11 Å². The molecule has 2 unspecified atom stereocenters. The molecule has 1 rings (SSSR count). The summed E-state index contributed by atoms with van der Waals surface area (Å²) in [6, 6.07) is -0.167. The first kappa shape index (κ1) is 13.4. The zero-order valence-corrected chi connectivity index (χ0v) is 10.3. The lowest BCUT2D eigenvalue weighted by Gasteiger charge is -2.15. The summed E-state index contributed by atoms with van der Waals surface area (Å²) in [6.45, 7) is 1.46. The minimum Gasteiger partial charge on any atom is -0.468 e. The van der Waals surface area contributed by atoms with E-state index in [0.717, 1.165) is 20.0 Å². The number of rotatable bonds is 6. The van der Waals surface area contributed by atoms with Gasteiger partial charge in [-0.2, -0.15) is 0 Å². The molecule has 0 heterocycles. The van der Waals surface area contributed by atoms with Gasteiger partial charge in [-0.1, -0.05) is 0 Å². The third kappa shape index (κ3) is 3.43. The fraction of sp³-hybridized carbons (Fsp3) is 0.889. The van der Waals surface area contributed by atoms with E-state index >= 15 is 0 Å². The van der Waals surface area contributed by atoms with Gasteiger partial charge in [0.2, 0.25) is 10.0 Å². The van der Waals surface area contributed by atoms with Crippen LogP contribution in [0.5, 0.6) is 0 Å². The third-order valence-electron chi connectivity index (χ3n) is 2.75. The lowest BCUT2D eigenvalue weighted by molar-refractivity contribution is -0.139. The maximum Gasteiger partial charge on any atom is 0.325 e. The molecule has 0 aliphatic heterocycles. The lowest BCUT2D eigenvalue weighted by Crippen LogP contribution is -2.44. The Bertz CT molecular complexity index is 351. The van der Waals surface area contributed by atoms with Crippen LogP contribution in [0.2, 0.25) is 0 Å². The molecular weight excluding hydrogens is 232 g/mol. The van der Waals surface area contributed by atoms with Gasteiger partial charge in [-0.05, 0) is 25.7 Å². The summed E-state index contributed by atoms with van der Waals surface area (Å²) in [4.78, 5) is 11.1. The Balaban J connectivity index is 2.47. The monoisotopic (exact) mass is 250 g/mol. The molecule has 0 amide bonds. The molecule has 0 aromatic heterocycles. The molecule has 0 spiro atoms. The Morgan fingerprint density at radius 3 is 2.56 bits per heavy atom. The van der Waals surface area contributed by atoms with Crippen LogP contribution in [-0.2, 0) is 19.6 Å². The van der Waals surface area contributed by atoms with Gasteiger partial charge >= 0.3 is 5.97 Å². The van der Waals surface area contributed by atoms with E-state index in [9.17, 15) is 13.2 Å². The molecule has 6 nitrogen and oxygen atoms in total. The first-order valence-electron chi connectivity index (χ1n) is 5.20. The zero-order chi connectivity index (χ0) is 12.3. The summed E-state index contributed by atoms with van der Waals surface area (Å²) >= 11 is 0. The Labute approximate surface area is 95.6 Å². The zero-order valence-electron chi connectivity index (χ0n) is 9.47. The Hall–Kier alpha value is -0.660. The average Bonchev–Trinajstić information content (AvgIpc) is 3.07. The average molecular weight is 250 g/mol. The highest BCUT2D eigenvalue weighted by Crippen LogP contribution is 2.31. The van der Waals surface area contributed by atoms with Crippen molar-refractivity contribution in [1.29, 1.82) is 0 Å². The number of carbonyl (C=O) groups excluding carboxylic acids is 1. The molecule has 1 saturated carbocycles. The van der Waals surface area contributed by atoms with Crippen LogP contribution in [0, 0.1) is 5.92 Å². The summed E-state index contributed by atoms with van der Waals surface area (Å²) < 4.78 is 29.9. The maximum atomic E-state index is 11.6. The fourth-order valence-electron chi connectivity index (χ4n) is 1.32. The number of hydrogen-bond donors (Lipinski definition) is 2. The lowest BCUT2D eigenvalue weighted by atomic mass is 10.2. The Morgan fingerprint density at radius 2 is 2.12 bits per heavy atom. The summed E-state index contributed by atoms with van der Waals surface area (Å²) in [5.74, 6) is -0.358. The van der Waals surface area contributed by atoms with Crippen molar-refractivity contribution in [2.45, 2.75) is 31.1 Å². The fourth-order valence-corrected chi connectivity index (χ4v) is 2.35. The maximum absolute atomic E-state index is 11.6. The number of carbonyl (C=O) groups is 1. The highest BCUT2D eigenvalue weighted by molar-refractivity contribution is 7.90. The number of nitrogens with two attached hydrogens (primary N) is 1. The molecule has 16 heavy (non-hydrogen) atoms. The number of methoxy groups -OCH3 is 1. The second kappa shape index (κ2) is 5.11. The summed E-state index contributed by atoms with van der Waals surface area (Å²) in [7, 11) is -2.52. The summed E-state index contributed by atoms with van der Waals surface area (Å²) in [5, 5.41) is -1.20. The third-order valence-corrected chi connectivity index (χ3v) is 4.44. The standard InChI is InChI=1S/C9H18N2O4S/c1-6(9(12)15-2)16(13,14)11-5-8(10)7-3-4-7/h6-8,11H,3-5,10H2,1-2H3. The molecular formula is C9H18N2O4S. The van der Waals surface area contributed by atoms with E-state index in [-0.39, 0.29) is 12.6 Å². The van der Waals surface area contributed by atoms with Crippen LogP contribution in [0.3, 0.4) is 0 Å². The number of sulfonamides is 1. The minimum absolute atomic E-state index is 0.167. The number of ether oxygens (including phenoxy) is 1. The van der Waals surface area contributed by atoms with Crippen molar-refractivity contribution >= 4 is 16.0 Å². The second-order valence-electron chi connectivity index (χ2n) is 4.06. The predicted molar refractivity (Wildman–Crippen MR) is 59.1 cm³/mol. The molecule has 3 N–H and O–H groups in total. The van der Waals surface area contributed by atoms with Crippen molar-refractivity contribution in [3.63, 3.8) is 0 Å². The van der Waals surface area contributed by atoms with Crippen molar-refractivity contribution in [3.8, 4) is 0 Å². The van der Waals surface area contributed by atoms with Crippen LogP contribution in [0.4, 0.5) is 0 Å². The molecule has 0 radical (unpaired) electrons. The molecule has 0 aromatic rings. The van der Waals surface area contributed by atoms with E-state index in [0.29, 0.717) is 5.92 Å². The Kier molecular flexibility index (Phi) is 4.28. The molecule has 94 valence electrons. The SMILES string of the molecule is COC(=O)C(C)S(=O)(=O)NCC(N)C1CC1. The van der Waals surface area contributed by atoms with Gasteiger partial charge in [0.15, 0.2) is 5.25 Å². The number of hydrogen-bond acceptors (Lipinski definition) is 5. The van der Waals surface area contributed by atoms with Gasteiger partial charge in [0, 0.05) is 12.6 Å². The van der Waals surface area contributed by atoms with Gasteiger partial charge in [0.1, 0.15) is 0 Å². The van der Waals surface area contributed by atoms with Gasteiger partial charge in [0.25, 0.3) is 0 Å². The first-order chi connectivity index (χ1) is 7.38. The van der Waals surface area contributed by atoms with Crippen LogP contribution >= 0.6 is 0 Å². The molecule has 7 heteroatoms. The van der Waals surface area contributed by atoms with E-state index in [1.165, 1.54) is 6.92 Å². The normalized spacial score (nSPS) is 20.2. The van der Waals surface area contributed by atoms with E-state index < -0.39 is 21.2 Å². The first-order valence-corrected chi connectivity index (χ1v) is 6.75. The van der Waals surface area contributed by atoms with Crippen LogP contribution in [0.15, 0.2) is 0 Å². The highest BCUT2D eigenvalue weighted by Gasteiger charge is 2.32. The van der Waals surface area contributed by atoms with Gasteiger partial charge in [-0.15, -0.1) is 0 Å². The van der Waals surface area contributed by atoms with Crippen molar-refractivity contribution in [1.82, 2.24) is 4.72 Å². The van der Waals surface area contributed by atoms with Crippen LogP contribution in [0.1, 0.15) is 19.8 Å². The number of esters is 1. The van der Waals surface area contributed by atoms with Gasteiger partial charge < -0.3 is 10.5 Å². The molecule has 2 atom stereocenters. The van der Waals surface area contributed by atoms with Crippen LogP contribution in [-0.4, -0.2) is 39.3 Å². The van der Waals surface area contributed by atoms with Crippen molar-refractivity contribution in [2.75, 3.05) is 13.7 Å². The van der Waals surface area contributed by atoms with Crippen molar-refractivity contribution < 1.29 is 17.9 Å². The smallest absolute Gasteiger partial charge is 0.325 e. The second-order valence-corrected chi connectivity index (χ2v) is 6.15. The van der Waals surface area contributed by atoms with E-state index in [1.807, 2.05) is 0 Å². The van der Waals surface area contributed by atoms with Crippen LogP contribution < -0.4 is 10.5 Å². The van der Waals surface area contributed by atoms with Gasteiger partial charge in [-0.3, -0.25) is 4.79 Å². The largest absolute Gasteiger partial charge is 0.468 e. The topological polar surface area (TPSA) is 98.5 Å². The minimum atomic E-state index is -3.68. The number of nitrogens with one attached hydrogen (secondary N) is 1. The van der Waals surface area contributed by atoms with E-state index in [2.05, 4.69) is 9.46 Å². The molecule has 0 saturated heterocycles. The molecule has 1 aliphatic carbocycles. The molecule has 0 bridgehead atoms. The van der Waals surface area contributed by atoms with Gasteiger partial charge in [-0.25, -0.2) is 13.1 Å². The van der Waals surface area contributed by atoms with Crippen molar-refractivity contribution in [3.05, 3.63) is 0 Å². The molecule has 1 aliphatic rings. The summed E-state index contributed by atoms with van der Waals surface area (Å²) in [5.41, 5.74) is 5.75. The molecule has 1 fully saturated rings. The van der Waals surface area contributed by atoms with E-state index in [4.69, 9.17) is 5.73 Å². The Morgan fingerprint density at radius 1 is 1.56 bits per heavy atom. The highest BCUT2D eigenvalue weighted by atomic mass is 32.2. The quantitative estimate of drug-likeness (QED) is 0.602. The van der Waals surface area contributed by atoms with E-state index in [1.54, 1.807) is 0 Å². The van der Waals surface area contributed by atoms with Crippen molar-refractivity contribution in [2.24, 2.45) is 11.7 Å². The summed E-state index contributed by atoms with van der Waals surface area (Å²) in [6.07, 6.45) is 2.10.